The summed E-state index contributed by atoms with van der Waals surface area (Å²) in [6, 6.07) is 13.0. The van der Waals surface area contributed by atoms with Gasteiger partial charge in [-0.25, -0.2) is 9.37 Å². The van der Waals surface area contributed by atoms with Gasteiger partial charge in [0, 0.05) is 24.6 Å². The van der Waals surface area contributed by atoms with Gasteiger partial charge in [0.25, 0.3) is 0 Å². The van der Waals surface area contributed by atoms with E-state index in [4.69, 9.17) is 0 Å². The number of halogens is 1. The number of imidazole rings is 1. The van der Waals surface area contributed by atoms with Gasteiger partial charge in [-0.2, -0.15) is 0 Å². The molecule has 28 heavy (non-hydrogen) atoms. The lowest BCUT2D eigenvalue weighted by Crippen LogP contribution is -2.14. The number of rotatable bonds is 7. The van der Waals surface area contributed by atoms with E-state index in [0.29, 0.717) is 18.1 Å². The third-order valence-corrected chi connectivity index (χ3v) is 4.18. The van der Waals surface area contributed by atoms with E-state index in [1.54, 1.807) is 23.0 Å². The molecule has 0 radical (unpaired) electrons. The molecule has 6 heteroatoms. The molecule has 0 unspecified atom stereocenters. The van der Waals surface area contributed by atoms with Gasteiger partial charge in [-0.15, -0.1) is 0 Å². The second kappa shape index (κ2) is 8.90. The van der Waals surface area contributed by atoms with E-state index in [0.717, 1.165) is 11.1 Å². The van der Waals surface area contributed by atoms with Crippen molar-refractivity contribution in [3.8, 4) is 0 Å². The number of benzene rings is 2. The Morgan fingerprint density at radius 2 is 1.82 bits per heavy atom. The topological polar surface area (TPSA) is 64.0 Å². The maximum Gasteiger partial charge on any atom is 0.228 e. The zero-order chi connectivity index (χ0) is 19.9. The molecule has 1 amide bonds. The van der Waals surface area contributed by atoms with Gasteiger partial charge in [0.15, 0.2) is 5.82 Å². The predicted molar refractivity (Wildman–Crippen MR) is 106 cm³/mol. The molecule has 0 atom stereocenters. The lowest BCUT2D eigenvalue weighted by molar-refractivity contribution is -0.115. The largest absolute Gasteiger partial charge is 0.329 e. The summed E-state index contributed by atoms with van der Waals surface area (Å²) in [5.74, 6) is -0.280. The normalized spacial score (nSPS) is 10.9. The number of carbonyl (C=O) groups excluding carboxylic acids is 2. The number of aromatic nitrogens is 2. The smallest absolute Gasteiger partial charge is 0.228 e. The van der Waals surface area contributed by atoms with E-state index in [9.17, 15) is 14.0 Å². The van der Waals surface area contributed by atoms with Crippen molar-refractivity contribution in [3.05, 3.63) is 89.8 Å². The van der Waals surface area contributed by atoms with Gasteiger partial charge in [0.05, 0.1) is 6.42 Å². The number of aryl methyl sites for hydroxylation is 1. The predicted octanol–water partition coefficient (Wildman–Crippen LogP) is 4.12. The molecular weight excluding hydrogens is 357 g/mol. The summed E-state index contributed by atoms with van der Waals surface area (Å²) in [6.07, 6.45) is 6.79. The van der Waals surface area contributed by atoms with E-state index in [2.05, 4.69) is 10.3 Å². The van der Waals surface area contributed by atoms with Crippen molar-refractivity contribution in [2.75, 3.05) is 5.32 Å². The van der Waals surface area contributed by atoms with E-state index >= 15 is 0 Å². The average molecular weight is 377 g/mol. The molecule has 0 saturated heterocycles. The Labute approximate surface area is 162 Å². The molecule has 1 heterocycles. The van der Waals surface area contributed by atoms with Crippen LogP contribution in [-0.2, 0) is 17.8 Å². The van der Waals surface area contributed by atoms with Crippen molar-refractivity contribution in [1.82, 2.24) is 9.55 Å². The van der Waals surface area contributed by atoms with Crippen LogP contribution in [0.2, 0.25) is 0 Å². The van der Waals surface area contributed by atoms with Crippen molar-refractivity contribution in [2.24, 2.45) is 0 Å². The van der Waals surface area contributed by atoms with Crippen molar-refractivity contribution in [2.45, 2.75) is 19.9 Å². The second-order valence-corrected chi connectivity index (χ2v) is 6.21. The first-order chi connectivity index (χ1) is 13.5. The number of carbonyl (C=O) groups is 2. The summed E-state index contributed by atoms with van der Waals surface area (Å²) < 4.78 is 14.7. The Morgan fingerprint density at radius 3 is 2.50 bits per heavy atom. The Bertz CT molecular complexity index is 989. The molecule has 3 aromatic rings. The molecule has 3 rings (SSSR count). The highest BCUT2D eigenvalue weighted by Gasteiger charge is 2.08. The van der Waals surface area contributed by atoms with Crippen LogP contribution in [0.15, 0.2) is 67.0 Å². The molecule has 0 spiro atoms. The molecule has 0 aliphatic carbocycles. The fraction of sp³-hybridized carbons (Fsp3) is 0.136. The second-order valence-electron chi connectivity index (χ2n) is 6.21. The highest BCUT2D eigenvalue weighted by Crippen LogP contribution is 2.11. The molecule has 1 N–H and O–H groups in total. The summed E-state index contributed by atoms with van der Waals surface area (Å²) in [5, 5.41) is 2.73. The molecule has 5 nitrogen and oxygen atoms in total. The van der Waals surface area contributed by atoms with Gasteiger partial charge in [0.1, 0.15) is 5.82 Å². The van der Waals surface area contributed by atoms with Crippen LogP contribution in [-0.4, -0.2) is 21.2 Å². The Balaban J connectivity index is 1.57. The summed E-state index contributed by atoms with van der Waals surface area (Å²) in [6.45, 7) is 2.64. The van der Waals surface area contributed by atoms with Gasteiger partial charge in [-0.05, 0) is 48.4 Å². The molecule has 142 valence electrons. The van der Waals surface area contributed by atoms with Crippen molar-refractivity contribution < 1.29 is 14.0 Å². The zero-order valence-corrected chi connectivity index (χ0v) is 15.4. The van der Waals surface area contributed by atoms with Gasteiger partial charge in [-0.1, -0.05) is 30.3 Å². The summed E-state index contributed by atoms with van der Waals surface area (Å²) >= 11 is 0. The van der Waals surface area contributed by atoms with E-state index in [1.165, 1.54) is 30.3 Å². The van der Waals surface area contributed by atoms with Gasteiger partial charge in [-0.3, -0.25) is 9.59 Å². The van der Waals surface area contributed by atoms with Crippen LogP contribution in [0.4, 0.5) is 10.1 Å². The van der Waals surface area contributed by atoms with Crippen LogP contribution in [0.3, 0.4) is 0 Å². The van der Waals surface area contributed by atoms with Crippen LogP contribution < -0.4 is 5.32 Å². The number of ketones is 1. The molecule has 0 aliphatic heterocycles. The maximum absolute atomic E-state index is 12.9. The van der Waals surface area contributed by atoms with Gasteiger partial charge < -0.3 is 9.88 Å². The average Bonchev–Trinajstić information content (AvgIpc) is 3.18. The van der Waals surface area contributed by atoms with Crippen molar-refractivity contribution in [1.29, 1.82) is 0 Å². The molecule has 2 aromatic carbocycles. The number of hydrogen-bond donors (Lipinski definition) is 1. The zero-order valence-electron chi connectivity index (χ0n) is 15.4. The fourth-order valence-electron chi connectivity index (χ4n) is 2.71. The standard InChI is InChI=1S/C22H20FN3O2/c1-2-26-14-13-24-22(26)20(27)12-7-16-3-5-17(6-4-16)15-21(28)25-19-10-8-18(23)9-11-19/h3-14H,2,15H2,1H3,(H,25,28). The Hall–Kier alpha value is -3.54. The maximum atomic E-state index is 12.9. The first kappa shape index (κ1) is 19.2. The lowest BCUT2D eigenvalue weighted by atomic mass is 10.1. The number of nitrogens with one attached hydrogen (secondary N) is 1. The summed E-state index contributed by atoms with van der Waals surface area (Å²) in [5.41, 5.74) is 2.24. The number of allylic oxidation sites excluding steroid dienone is 1. The number of amides is 1. The van der Waals surface area contributed by atoms with Crippen LogP contribution in [0.5, 0.6) is 0 Å². The Kier molecular flexibility index (Phi) is 6.11. The molecule has 1 aromatic heterocycles. The number of nitrogens with zero attached hydrogens (tertiary/aromatic N) is 2. The minimum Gasteiger partial charge on any atom is -0.329 e. The van der Waals surface area contributed by atoms with E-state index < -0.39 is 0 Å². The summed E-state index contributed by atoms with van der Waals surface area (Å²) in [7, 11) is 0. The lowest BCUT2D eigenvalue weighted by Gasteiger charge is -2.05. The van der Waals surface area contributed by atoms with E-state index in [1.807, 2.05) is 31.2 Å². The first-order valence-electron chi connectivity index (χ1n) is 8.93. The van der Waals surface area contributed by atoms with Crippen LogP contribution in [0.1, 0.15) is 28.7 Å². The third-order valence-electron chi connectivity index (χ3n) is 4.18. The highest BCUT2D eigenvalue weighted by atomic mass is 19.1. The molecule has 0 fully saturated rings. The van der Waals surface area contributed by atoms with Crippen LogP contribution >= 0.6 is 0 Å². The molecule has 0 saturated carbocycles. The van der Waals surface area contributed by atoms with Gasteiger partial charge in [0.2, 0.25) is 11.7 Å². The van der Waals surface area contributed by atoms with Crippen LogP contribution in [0, 0.1) is 5.82 Å². The molecule has 0 aliphatic rings. The minimum absolute atomic E-state index is 0.158. The minimum atomic E-state index is -0.348. The third kappa shape index (κ3) is 5.01. The monoisotopic (exact) mass is 377 g/mol. The summed E-state index contributed by atoms with van der Waals surface area (Å²) in [4.78, 5) is 28.4. The van der Waals surface area contributed by atoms with E-state index in [-0.39, 0.29) is 23.9 Å². The molecular formula is C22H20FN3O2. The number of anilines is 1. The SMILES string of the molecule is CCn1ccnc1C(=O)C=Cc1ccc(CC(=O)Nc2ccc(F)cc2)cc1. The van der Waals surface area contributed by atoms with Crippen molar-refractivity contribution in [3.63, 3.8) is 0 Å². The highest BCUT2D eigenvalue weighted by molar-refractivity contribution is 6.04. The van der Waals surface area contributed by atoms with Gasteiger partial charge >= 0.3 is 0 Å². The molecule has 0 bridgehead atoms. The number of hydrogen-bond acceptors (Lipinski definition) is 3. The van der Waals surface area contributed by atoms with Crippen LogP contribution in [0.25, 0.3) is 6.08 Å². The van der Waals surface area contributed by atoms with Crippen molar-refractivity contribution >= 4 is 23.5 Å². The first-order valence-corrected chi connectivity index (χ1v) is 8.93. The quantitative estimate of drug-likeness (QED) is 0.498. The fourth-order valence-corrected chi connectivity index (χ4v) is 2.71. The Morgan fingerprint density at radius 1 is 1.11 bits per heavy atom.